The molecular formula is C12H17NO4S2. The van der Waals surface area contributed by atoms with Crippen molar-refractivity contribution in [2.24, 2.45) is 11.8 Å². The first-order valence-electron chi connectivity index (χ1n) is 6.07. The van der Waals surface area contributed by atoms with Gasteiger partial charge in [-0.3, -0.25) is 0 Å². The fourth-order valence-electron chi connectivity index (χ4n) is 2.24. The van der Waals surface area contributed by atoms with Gasteiger partial charge in [0.05, 0.1) is 4.90 Å². The molecule has 0 bridgehead atoms. The molecule has 0 aromatic carbocycles. The lowest BCUT2D eigenvalue weighted by atomic mass is 10.0. The molecule has 1 aromatic heterocycles. The number of nitrogens with zero attached hydrogens (tertiary/aromatic N) is 1. The maximum atomic E-state index is 12.5. The summed E-state index contributed by atoms with van der Waals surface area (Å²) >= 11 is 1.00. The van der Waals surface area contributed by atoms with Gasteiger partial charge in [0.2, 0.25) is 10.0 Å². The van der Waals surface area contributed by atoms with Crippen LogP contribution >= 0.6 is 11.3 Å². The minimum absolute atomic E-state index is 0.0661. The molecule has 2 unspecified atom stereocenters. The van der Waals surface area contributed by atoms with E-state index in [2.05, 4.69) is 0 Å². The summed E-state index contributed by atoms with van der Waals surface area (Å²) < 4.78 is 26.5. The van der Waals surface area contributed by atoms with Crippen LogP contribution in [0.2, 0.25) is 0 Å². The van der Waals surface area contributed by atoms with E-state index in [0.29, 0.717) is 29.8 Å². The van der Waals surface area contributed by atoms with Crippen LogP contribution in [-0.4, -0.2) is 36.9 Å². The first kappa shape index (κ1) is 14.5. The zero-order valence-corrected chi connectivity index (χ0v) is 12.7. The summed E-state index contributed by atoms with van der Waals surface area (Å²) in [7, 11) is -3.57. The Bertz CT molecular complexity index is 595. The second kappa shape index (κ2) is 4.88. The van der Waals surface area contributed by atoms with E-state index in [4.69, 9.17) is 5.11 Å². The largest absolute Gasteiger partial charge is 0.477 e. The first-order chi connectivity index (χ1) is 8.73. The molecule has 1 aliphatic rings. The van der Waals surface area contributed by atoms with Gasteiger partial charge in [-0.05, 0) is 24.8 Å². The highest BCUT2D eigenvalue weighted by Gasteiger charge is 2.36. The highest BCUT2D eigenvalue weighted by molar-refractivity contribution is 7.89. The van der Waals surface area contributed by atoms with Crippen molar-refractivity contribution < 1.29 is 18.3 Å². The minimum atomic E-state index is -3.57. The molecule has 5 nitrogen and oxygen atoms in total. The van der Waals surface area contributed by atoms with Crippen molar-refractivity contribution in [3.05, 3.63) is 15.8 Å². The summed E-state index contributed by atoms with van der Waals surface area (Å²) in [6, 6.07) is 1.27. The van der Waals surface area contributed by atoms with Crippen molar-refractivity contribution in [3.8, 4) is 0 Å². The van der Waals surface area contributed by atoms with Gasteiger partial charge in [-0.25, -0.2) is 13.2 Å². The van der Waals surface area contributed by atoms with Gasteiger partial charge in [-0.15, -0.1) is 11.3 Å². The summed E-state index contributed by atoms with van der Waals surface area (Å²) in [5.41, 5.74) is 0. The maximum absolute atomic E-state index is 12.5. The first-order valence-corrected chi connectivity index (χ1v) is 8.33. The molecule has 1 aliphatic heterocycles. The van der Waals surface area contributed by atoms with Gasteiger partial charge in [0.15, 0.2) is 0 Å². The van der Waals surface area contributed by atoms with Gasteiger partial charge in [0.25, 0.3) is 0 Å². The standard InChI is InChI=1S/C12H17NO4S2/c1-7-5-13(6-8(7)2)19(16,17)11-4-10(12(14)15)18-9(11)3/h4,7-8H,5-6H2,1-3H3,(H,14,15). The van der Waals surface area contributed by atoms with Crippen molar-refractivity contribution >= 4 is 27.3 Å². The van der Waals surface area contributed by atoms with Gasteiger partial charge in [-0.1, -0.05) is 13.8 Å². The second-order valence-corrected chi connectivity index (χ2v) is 8.28. The van der Waals surface area contributed by atoms with Crippen LogP contribution in [0.4, 0.5) is 0 Å². The molecule has 1 N–H and O–H groups in total. The fraction of sp³-hybridized carbons (Fsp3) is 0.583. The van der Waals surface area contributed by atoms with Crippen molar-refractivity contribution in [2.45, 2.75) is 25.7 Å². The molecule has 1 saturated heterocycles. The third-order valence-corrected chi connectivity index (χ3v) is 6.78. The zero-order chi connectivity index (χ0) is 14.4. The third-order valence-electron chi connectivity index (χ3n) is 3.66. The summed E-state index contributed by atoms with van der Waals surface area (Å²) in [5.74, 6) is -0.432. The van der Waals surface area contributed by atoms with Crippen LogP contribution in [0, 0.1) is 18.8 Å². The van der Waals surface area contributed by atoms with Crippen LogP contribution in [0.1, 0.15) is 28.4 Å². The summed E-state index contributed by atoms with van der Waals surface area (Å²) in [6.07, 6.45) is 0. The van der Waals surface area contributed by atoms with Crippen LogP contribution in [0.5, 0.6) is 0 Å². The molecule has 0 amide bonds. The Balaban J connectivity index is 2.38. The van der Waals surface area contributed by atoms with E-state index in [-0.39, 0.29) is 9.77 Å². The van der Waals surface area contributed by atoms with E-state index in [1.807, 2.05) is 13.8 Å². The monoisotopic (exact) mass is 303 g/mol. The molecule has 1 fully saturated rings. The van der Waals surface area contributed by atoms with Crippen molar-refractivity contribution in [1.29, 1.82) is 0 Å². The highest BCUT2D eigenvalue weighted by Crippen LogP contribution is 2.32. The van der Waals surface area contributed by atoms with Gasteiger partial charge in [-0.2, -0.15) is 4.31 Å². The van der Waals surface area contributed by atoms with E-state index in [9.17, 15) is 13.2 Å². The molecule has 0 radical (unpaired) electrons. The lowest BCUT2D eigenvalue weighted by molar-refractivity contribution is 0.0702. The van der Waals surface area contributed by atoms with E-state index < -0.39 is 16.0 Å². The molecule has 0 saturated carbocycles. The van der Waals surface area contributed by atoms with Crippen molar-refractivity contribution in [2.75, 3.05) is 13.1 Å². The highest BCUT2D eigenvalue weighted by atomic mass is 32.2. The van der Waals surface area contributed by atoms with E-state index in [0.717, 1.165) is 11.3 Å². The Morgan fingerprint density at radius 1 is 1.37 bits per heavy atom. The topological polar surface area (TPSA) is 74.7 Å². The van der Waals surface area contributed by atoms with E-state index in [1.54, 1.807) is 6.92 Å². The quantitative estimate of drug-likeness (QED) is 0.927. The Morgan fingerprint density at radius 3 is 2.32 bits per heavy atom. The average molecular weight is 303 g/mol. The van der Waals surface area contributed by atoms with E-state index >= 15 is 0 Å². The number of hydrogen-bond donors (Lipinski definition) is 1. The molecule has 2 heterocycles. The third kappa shape index (κ3) is 2.54. The van der Waals surface area contributed by atoms with Crippen LogP contribution < -0.4 is 0 Å². The molecule has 7 heteroatoms. The predicted molar refractivity (Wildman–Crippen MR) is 73.1 cm³/mol. The molecule has 2 rings (SSSR count). The van der Waals surface area contributed by atoms with Gasteiger partial charge in [0, 0.05) is 18.0 Å². The van der Waals surface area contributed by atoms with Crippen LogP contribution in [-0.2, 0) is 10.0 Å². The maximum Gasteiger partial charge on any atom is 0.345 e. The Labute approximate surface area is 116 Å². The van der Waals surface area contributed by atoms with Gasteiger partial charge in [0.1, 0.15) is 4.88 Å². The average Bonchev–Trinajstić information content (AvgIpc) is 2.84. The normalized spacial score (nSPS) is 24.8. The van der Waals surface area contributed by atoms with Crippen LogP contribution in [0.25, 0.3) is 0 Å². The number of carboxylic acids is 1. The summed E-state index contributed by atoms with van der Waals surface area (Å²) in [5, 5.41) is 8.94. The molecular weight excluding hydrogens is 286 g/mol. The van der Waals surface area contributed by atoms with E-state index in [1.165, 1.54) is 10.4 Å². The number of thiophene rings is 1. The number of hydrogen-bond acceptors (Lipinski definition) is 4. The Kier molecular flexibility index (Phi) is 3.72. The number of carbonyl (C=O) groups is 1. The summed E-state index contributed by atoms with van der Waals surface area (Å²) in [6.45, 7) is 6.71. The second-order valence-electron chi connectivity index (χ2n) is 5.11. The predicted octanol–water partition coefficient (Wildman–Crippen LogP) is 2.03. The number of aryl methyl sites for hydroxylation is 1. The van der Waals surface area contributed by atoms with Crippen LogP contribution in [0.3, 0.4) is 0 Å². The number of aromatic carboxylic acids is 1. The minimum Gasteiger partial charge on any atom is -0.477 e. The molecule has 0 aliphatic carbocycles. The number of rotatable bonds is 3. The SMILES string of the molecule is Cc1sc(C(=O)O)cc1S(=O)(=O)N1CC(C)C(C)C1. The van der Waals surface area contributed by atoms with Crippen molar-refractivity contribution in [3.63, 3.8) is 0 Å². The molecule has 2 atom stereocenters. The Morgan fingerprint density at radius 2 is 1.89 bits per heavy atom. The summed E-state index contributed by atoms with van der Waals surface area (Å²) in [4.78, 5) is 11.7. The molecule has 1 aromatic rings. The lowest BCUT2D eigenvalue weighted by Crippen LogP contribution is -2.29. The molecule has 19 heavy (non-hydrogen) atoms. The lowest BCUT2D eigenvalue weighted by Gasteiger charge is -2.15. The smallest absolute Gasteiger partial charge is 0.345 e. The molecule has 0 spiro atoms. The fourth-order valence-corrected chi connectivity index (χ4v) is 5.28. The zero-order valence-electron chi connectivity index (χ0n) is 11.1. The van der Waals surface area contributed by atoms with Crippen molar-refractivity contribution in [1.82, 2.24) is 4.31 Å². The van der Waals surface area contributed by atoms with Crippen LogP contribution in [0.15, 0.2) is 11.0 Å². The molecule has 106 valence electrons. The number of carboxylic acid groups (broad SMARTS) is 1. The number of sulfonamides is 1. The Hall–Kier alpha value is -0.920. The van der Waals surface area contributed by atoms with Gasteiger partial charge < -0.3 is 5.11 Å². The van der Waals surface area contributed by atoms with Gasteiger partial charge >= 0.3 is 5.97 Å².